The number of ether oxygens (including phenoxy) is 2. The van der Waals surface area contributed by atoms with E-state index in [-0.39, 0.29) is 6.03 Å². The standard InChI is InChI=1S/C21H29N3O4/c1-13-8-14(2)11-24(10-13)12-17-18(20(25)28-4)19(23-21(26)22-17)15-6-5-7-16(9-15)27-3/h5-7,9,13-14,19H,8,10-12H2,1-4H3,(H2,22,23,26)/t13-,14+,19-/m0/s1. The second-order valence-corrected chi connectivity index (χ2v) is 7.83. The molecule has 7 nitrogen and oxygen atoms in total. The third-order valence-corrected chi connectivity index (χ3v) is 5.31. The van der Waals surface area contributed by atoms with Crippen LogP contribution in [-0.4, -0.2) is 50.8 Å². The number of rotatable bonds is 5. The number of nitrogens with zero attached hydrogens (tertiary/aromatic N) is 1. The Balaban J connectivity index is 1.97. The van der Waals surface area contributed by atoms with Crippen LogP contribution in [0.3, 0.4) is 0 Å². The average molecular weight is 387 g/mol. The summed E-state index contributed by atoms with van der Waals surface area (Å²) in [5.41, 5.74) is 1.80. The summed E-state index contributed by atoms with van der Waals surface area (Å²) >= 11 is 0. The fourth-order valence-electron chi connectivity index (χ4n) is 4.31. The van der Waals surface area contributed by atoms with Crippen molar-refractivity contribution in [2.75, 3.05) is 33.9 Å². The van der Waals surface area contributed by atoms with E-state index in [1.54, 1.807) is 7.11 Å². The first-order valence-corrected chi connectivity index (χ1v) is 9.66. The van der Waals surface area contributed by atoms with E-state index >= 15 is 0 Å². The molecule has 3 atom stereocenters. The number of amides is 2. The van der Waals surface area contributed by atoms with Crippen LogP contribution in [0.2, 0.25) is 0 Å². The van der Waals surface area contributed by atoms with E-state index in [9.17, 15) is 9.59 Å². The van der Waals surface area contributed by atoms with E-state index < -0.39 is 12.0 Å². The van der Waals surface area contributed by atoms with Crippen LogP contribution in [0.25, 0.3) is 0 Å². The number of urea groups is 1. The third-order valence-electron chi connectivity index (χ3n) is 5.31. The Hall–Kier alpha value is -2.54. The normalized spacial score (nSPS) is 25.7. The highest BCUT2D eigenvalue weighted by molar-refractivity contribution is 5.95. The van der Waals surface area contributed by atoms with E-state index in [0.717, 1.165) is 18.7 Å². The highest BCUT2D eigenvalue weighted by atomic mass is 16.5. The van der Waals surface area contributed by atoms with Crippen molar-refractivity contribution >= 4 is 12.0 Å². The van der Waals surface area contributed by atoms with Gasteiger partial charge in [-0.1, -0.05) is 26.0 Å². The van der Waals surface area contributed by atoms with Gasteiger partial charge in [-0.15, -0.1) is 0 Å². The Bertz CT molecular complexity index is 767. The zero-order chi connectivity index (χ0) is 20.3. The number of nitrogens with one attached hydrogen (secondary N) is 2. The van der Waals surface area contributed by atoms with E-state index in [1.165, 1.54) is 13.5 Å². The molecule has 0 saturated carbocycles. The van der Waals surface area contributed by atoms with Gasteiger partial charge in [0.05, 0.1) is 25.8 Å². The molecule has 3 rings (SSSR count). The van der Waals surface area contributed by atoms with Gasteiger partial charge in [0.1, 0.15) is 5.75 Å². The fraction of sp³-hybridized carbons (Fsp3) is 0.524. The van der Waals surface area contributed by atoms with Crippen LogP contribution < -0.4 is 15.4 Å². The third kappa shape index (κ3) is 4.47. The Morgan fingerprint density at radius 2 is 1.93 bits per heavy atom. The Morgan fingerprint density at radius 1 is 1.21 bits per heavy atom. The molecule has 2 aliphatic rings. The van der Waals surface area contributed by atoms with Crippen LogP contribution in [0.5, 0.6) is 5.75 Å². The SMILES string of the molecule is COC(=O)C1=C(CN2C[C@H](C)C[C@H](C)C2)NC(=O)N[C@H]1c1cccc(OC)c1. The molecule has 0 bridgehead atoms. The minimum Gasteiger partial charge on any atom is -0.497 e. The number of piperidine rings is 1. The van der Waals surface area contributed by atoms with Crippen LogP contribution in [0, 0.1) is 11.8 Å². The number of carbonyl (C=O) groups is 2. The Morgan fingerprint density at radius 3 is 2.57 bits per heavy atom. The quantitative estimate of drug-likeness (QED) is 0.759. The van der Waals surface area contributed by atoms with Gasteiger partial charge in [-0.25, -0.2) is 9.59 Å². The first-order chi connectivity index (χ1) is 13.4. The van der Waals surface area contributed by atoms with Gasteiger partial charge in [0.25, 0.3) is 0 Å². The summed E-state index contributed by atoms with van der Waals surface area (Å²) in [4.78, 5) is 27.3. The second-order valence-electron chi connectivity index (χ2n) is 7.83. The molecule has 28 heavy (non-hydrogen) atoms. The molecule has 0 unspecified atom stereocenters. The average Bonchev–Trinajstić information content (AvgIpc) is 2.66. The molecule has 0 aliphatic carbocycles. The summed E-state index contributed by atoms with van der Waals surface area (Å²) in [6, 6.07) is 6.43. The van der Waals surface area contributed by atoms with Crippen LogP contribution in [-0.2, 0) is 9.53 Å². The van der Waals surface area contributed by atoms with Crippen LogP contribution in [0.4, 0.5) is 4.79 Å². The molecule has 1 fully saturated rings. The van der Waals surface area contributed by atoms with Gasteiger partial charge in [0.2, 0.25) is 0 Å². The second kappa shape index (κ2) is 8.65. The highest BCUT2D eigenvalue weighted by Crippen LogP contribution is 2.31. The number of esters is 1. The van der Waals surface area contributed by atoms with E-state index in [2.05, 4.69) is 29.4 Å². The monoisotopic (exact) mass is 387 g/mol. The summed E-state index contributed by atoms with van der Waals surface area (Å²) in [5, 5.41) is 5.69. The molecule has 2 aliphatic heterocycles. The largest absolute Gasteiger partial charge is 0.497 e. The highest BCUT2D eigenvalue weighted by Gasteiger charge is 2.35. The first-order valence-electron chi connectivity index (χ1n) is 9.66. The maximum absolute atomic E-state index is 12.7. The van der Waals surface area contributed by atoms with Crippen molar-refractivity contribution in [1.29, 1.82) is 0 Å². The van der Waals surface area contributed by atoms with Gasteiger partial charge in [0, 0.05) is 25.3 Å². The van der Waals surface area contributed by atoms with Crippen LogP contribution in [0.15, 0.2) is 35.5 Å². The van der Waals surface area contributed by atoms with Crippen molar-refractivity contribution in [3.63, 3.8) is 0 Å². The molecular weight excluding hydrogens is 358 g/mol. The first kappa shape index (κ1) is 20.2. The van der Waals surface area contributed by atoms with Crippen molar-refractivity contribution in [3.8, 4) is 5.75 Å². The lowest BCUT2D eigenvalue weighted by molar-refractivity contribution is -0.136. The predicted octanol–water partition coefficient (Wildman–Crippen LogP) is 2.45. The molecule has 1 aromatic carbocycles. The van der Waals surface area contributed by atoms with Crippen LogP contribution >= 0.6 is 0 Å². The molecule has 0 aromatic heterocycles. The number of hydrogen-bond donors (Lipinski definition) is 2. The van der Waals surface area contributed by atoms with Gasteiger partial charge in [0.15, 0.2) is 0 Å². The van der Waals surface area contributed by atoms with Gasteiger partial charge in [-0.2, -0.15) is 0 Å². The topological polar surface area (TPSA) is 79.9 Å². The van der Waals surface area contributed by atoms with Crippen molar-refractivity contribution < 1.29 is 19.1 Å². The lowest BCUT2D eigenvalue weighted by Gasteiger charge is -2.37. The zero-order valence-electron chi connectivity index (χ0n) is 17.0. The summed E-state index contributed by atoms with van der Waals surface area (Å²) < 4.78 is 10.4. The Kier molecular flexibility index (Phi) is 6.24. The van der Waals surface area contributed by atoms with Gasteiger partial charge in [-0.3, -0.25) is 4.90 Å². The number of hydrogen-bond acceptors (Lipinski definition) is 5. The van der Waals surface area contributed by atoms with E-state index in [0.29, 0.717) is 35.4 Å². The molecule has 2 N–H and O–H groups in total. The van der Waals surface area contributed by atoms with Crippen LogP contribution in [0.1, 0.15) is 31.9 Å². The lowest BCUT2D eigenvalue weighted by atomic mass is 9.91. The van der Waals surface area contributed by atoms with Crippen molar-refractivity contribution in [2.24, 2.45) is 11.8 Å². The molecular formula is C21H29N3O4. The van der Waals surface area contributed by atoms with Gasteiger partial charge >= 0.3 is 12.0 Å². The van der Waals surface area contributed by atoms with Gasteiger partial charge in [-0.05, 0) is 36.0 Å². The van der Waals surface area contributed by atoms with E-state index in [4.69, 9.17) is 9.47 Å². The predicted molar refractivity (Wildman–Crippen MR) is 106 cm³/mol. The maximum Gasteiger partial charge on any atom is 0.338 e. The lowest BCUT2D eigenvalue weighted by Crippen LogP contribution is -2.50. The van der Waals surface area contributed by atoms with E-state index in [1.807, 2.05) is 24.3 Å². The number of likely N-dealkylation sites (tertiary alicyclic amines) is 1. The summed E-state index contributed by atoms with van der Waals surface area (Å²) in [6.45, 7) is 6.86. The van der Waals surface area contributed by atoms with Crippen molar-refractivity contribution in [2.45, 2.75) is 26.3 Å². The molecule has 1 aromatic rings. The molecule has 1 saturated heterocycles. The van der Waals surface area contributed by atoms with Crippen molar-refractivity contribution in [3.05, 3.63) is 41.1 Å². The minimum absolute atomic E-state index is 0.325. The molecule has 0 radical (unpaired) electrons. The molecule has 2 heterocycles. The van der Waals surface area contributed by atoms with Crippen molar-refractivity contribution in [1.82, 2.24) is 15.5 Å². The Labute approximate surface area is 166 Å². The molecule has 2 amide bonds. The summed E-state index contributed by atoms with van der Waals surface area (Å²) in [5.74, 6) is 1.37. The molecule has 7 heteroatoms. The number of carbonyl (C=O) groups excluding carboxylic acids is 2. The number of methoxy groups -OCH3 is 2. The summed E-state index contributed by atoms with van der Waals surface area (Å²) in [7, 11) is 2.94. The maximum atomic E-state index is 12.7. The molecule has 0 spiro atoms. The fourth-order valence-corrected chi connectivity index (χ4v) is 4.31. The van der Waals surface area contributed by atoms with Gasteiger partial charge < -0.3 is 20.1 Å². The molecule has 152 valence electrons. The summed E-state index contributed by atoms with van der Waals surface area (Å²) in [6.07, 6.45) is 1.19. The number of benzene rings is 1. The smallest absolute Gasteiger partial charge is 0.338 e. The minimum atomic E-state index is -0.592. The zero-order valence-corrected chi connectivity index (χ0v) is 17.0.